The van der Waals surface area contributed by atoms with Gasteiger partial charge in [0.1, 0.15) is 0 Å². The Morgan fingerprint density at radius 2 is 1.00 bits per heavy atom. The van der Waals surface area contributed by atoms with Crippen LogP contribution in [0.2, 0.25) is 0 Å². The van der Waals surface area contributed by atoms with Gasteiger partial charge in [-0.2, -0.15) is 0 Å². The molecule has 1 aromatic carbocycles. The minimum atomic E-state index is -1.01. The summed E-state index contributed by atoms with van der Waals surface area (Å²) in [6, 6.07) is 0. The monoisotopic (exact) mass is 162 g/mol. The summed E-state index contributed by atoms with van der Waals surface area (Å²) in [5.74, 6) is -1.65. The molecule has 0 atom stereocenters. The van der Waals surface area contributed by atoms with Gasteiger partial charge in [0, 0.05) is 0 Å². The van der Waals surface area contributed by atoms with E-state index in [0.29, 0.717) is 0 Å². The van der Waals surface area contributed by atoms with Crippen molar-refractivity contribution in [1.82, 2.24) is 0 Å². The third kappa shape index (κ3) is 1.84. The van der Waals surface area contributed by atoms with E-state index in [1.807, 2.05) is 0 Å². The van der Waals surface area contributed by atoms with Crippen molar-refractivity contribution >= 4 is 59.1 Å². The van der Waals surface area contributed by atoms with Crippen molar-refractivity contribution in [2.24, 2.45) is 0 Å². The molecule has 1 aromatic rings. The van der Waals surface area contributed by atoms with E-state index in [-0.39, 0.29) is 59.1 Å². The van der Waals surface area contributed by atoms with Gasteiger partial charge in [-0.05, 0) is 0 Å². The number of hydrogen-bond donors (Lipinski definition) is 2. The zero-order valence-corrected chi connectivity index (χ0v) is 3.71. The van der Waals surface area contributed by atoms with E-state index in [0.717, 1.165) is 0 Å². The molecule has 0 fully saturated rings. The number of rotatable bonds is 0. The third-order valence-corrected chi connectivity index (χ3v) is 0.861. The standard InChI is InChI=1S/C4H2O4.2Na.2H/c5-1-2(6)4(8)3(1)7;;;;/h5-6H;;;;. The summed E-state index contributed by atoms with van der Waals surface area (Å²) in [7, 11) is 0. The fourth-order valence-corrected chi connectivity index (χ4v) is 0.368. The summed E-state index contributed by atoms with van der Waals surface area (Å²) in [4.78, 5) is 19.9. The second-order valence-corrected chi connectivity index (χ2v) is 1.36. The summed E-state index contributed by atoms with van der Waals surface area (Å²) < 4.78 is 0. The van der Waals surface area contributed by atoms with Crippen molar-refractivity contribution < 1.29 is 10.2 Å². The van der Waals surface area contributed by atoms with Gasteiger partial charge in [-0.15, -0.1) is 0 Å². The molecule has 0 aliphatic rings. The van der Waals surface area contributed by atoms with Crippen LogP contribution < -0.4 is 10.9 Å². The first-order valence-corrected chi connectivity index (χ1v) is 1.86. The van der Waals surface area contributed by atoms with E-state index >= 15 is 0 Å². The molecule has 0 unspecified atom stereocenters. The Hall–Kier alpha value is 0.680. The van der Waals surface area contributed by atoms with Gasteiger partial charge >= 0.3 is 59.1 Å². The van der Waals surface area contributed by atoms with Crippen LogP contribution in [0.3, 0.4) is 0 Å². The Balaban J connectivity index is 0. The molecule has 0 spiro atoms. The molecule has 0 aliphatic carbocycles. The molecule has 0 saturated heterocycles. The Bertz CT molecular complexity index is 255. The van der Waals surface area contributed by atoms with E-state index < -0.39 is 22.4 Å². The molecule has 0 bridgehead atoms. The van der Waals surface area contributed by atoms with Crippen LogP contribution >= 0.6 is 0 Å². The molecular formula is C4H4Na2O4. The first kappa shape index (κ1) is 13.3. The zero-order valence-electron chi connectivity index (χ0n) is 3.71. The van der Waals surface area contributed by atoms with Crippen molar-refractivity contribution in [2.75, 3.05) is 0 Å². The molecule has 4 nitrogen and oxygen atoms in total. The average molecular weight is 162 g/mol. The van der Waals surface area contributed by atoms with Gasteiger partial charge in [-0.25, -0.2) is 0 Å². The Morgan fingerprint density at radius 1 is 0.800 bits per heavy atom. The Labute approximate surface area is 100 Å². The molecular weight excluding hydrogens is 158 g/mol. The van der Waals surface area contributed by atoms with Crippen LogP contribution in [0, 0.1) is 0 Å². The predicted molar refractivity (Wildman–Crippen MR) is 39.0 cm³/mol. The van der Waals surface area contributed by atoms with Crippen LogP contribution in [0.4, 0.5) is 0 Å². The summed E-state index contributed by atoms with van der Waals surface area (Å²) in [6.45, 7) is 0. The van der Waals surface area contributed by atoms with Gasteiger partial charge in [0.15, 0.2) is 0 Å². The summed E-state index contributed by atoms with van der Waals surface area (Å²) >= 11 is 0. The van der Waals surface area contributed by atoms with E-state index in [1.54, 1.807) is 0 Å². The van der Waals surface area contributed by atoms with Gasteiger partial charge in [0.05, 0.1) is 0 Å². The minimum absolute atomic E-state index is 0. The van der Waals surface area contributed by atoms with Crippen molar-refractivity contribution in [3.8, 4) is 11.5 Å². The molecule has 0 heterocycles. The second kappa shape index (κ2) is 4.54. The van der Waals surface area contributed by atoms with Gasteiger partial charge < -0.3 is 10.2 Å². The maximum absolute atomic E-state index is 9.95. The molecule has 10 heavy (non-hydrogen) atoms. The second-order valence-electron chi connectivity index (χ2n) is 1.36. The molecule has 0 aliphatic heterocycles. The van der Waals surface area contributed by atoms with Gasteiger partial charge in [0.25, 0.3) is 10.9 Å². The van der Waals surface area contributed by atoms with Crippen molar-refractivity contribution in [1.29, 1.82) is 0 Å². The molecule has 2 N–H and O–H groups in total. The Morgan fingerprint density at radius 3 is 1.10 bits per heavy atom. The summed E-state index contributed by atoms with van der Waals surface area (Å²) in [5.41, 5.74) is -2.02. The van der Waals surface area contributed by atoms with Crippen LogP contribution in [-0.4, -0.2) is 69.3 Å². The molecule has 0 saturated carbocycles. The first-order valence-electron chi connectivity index (χ1n) is 1.86. The average Bonchev–Trinajstić information content (AvgIpc) is 1.83. The molecule has 1 rings (SSSR count). The SMILES string of the molecule is O=c1c(O)c(O)c1=O.[NaH].[NaH]. The van der Waals surface area contributed by atoms with Crippen LogP contribution in [0.1, 0.15) is 0 Å². The van der Waals surface area contributed by atoms with Crippen molar-refractivity contribution in [2.45, 2.75) is 0 Å². The fourth-order valence-electron chi connectivity index (χ4n) is 0.368. The number of aromatic hydroxyl groups is 2. The molecule has 0 amide bonds. The predicted octanol–water partition coefficient (Wildman–Crippen LogP) is -2.60. The van der Waals surface area contributed by atoms with Gasteiger partial charge in [0.2, 0.25) is 11.5 Å². The molecule has 46 valence electrons. The molecule has 0 radical (unpaired) electrons. The van der Waals surface area contributed by atoms with Crippen LogP contribution in [-0.2, 0) is 0 Å². The first-order chi connectivity index (χ1) is 3.64. The van der Waals surface area contributed by atoms with E-state index in [2.05, 4.69) is 0 Å². The maximum atomic E-state index is 9.95. The summed E-state index contributed by atoms with van der Waals surface area (Å²) in [6.07, 6.45) is 0. The van der Waals surface area contributed by atoms with Crippen LogP contribution in [0.15, 0.2) is 9.59 Å². The fraction of sp³-hybridized carbons (Fsp3) is 0. The topological polar surface area (TPSA) is 74.6 Å². The van der Waals surface area contributed by atoms with E-state index in [9.17, 15) is 9.59 Å². The normalized spacial score (nSPS) is 8.00. The zero-order chi connectivity index (χ0) is 6.31. The number of hydrogen-bond acceptors (Lipinski definition) is 4. The van der Waals surface area contributed by atoms with E-state index in [4.69, 9.17) is 10.2 Å². The van der Waals surface area contributed by atoms with Crippen LogP contribution in [0.5, 0.6) is 11.5 Å². The van der Waals surface area contributed by atoms with E-state index in [1.165, 1.54) is 0 Å². The quantitative estimate of drug-likeness (QED) is 0.324. The van der Waals surface area contributed by atoms with Crippen LogP contribution in [0.25, 0.3) is 0 Å². The molecule has 6 heteroatoms. The van der Waals surface area contributed by atoms with Gasteiger partial charge in [-0.3, -0.25) is 9.59 Å². The summed E-state index contributed by atoms with van der Waals surface area (Å²) in [5, 5.41) is 16.4. The van der Waals surface area contributed by atoms with Gasteiger partial charge in [-0.1, -0.05) is 0 Å². The van der Waals surface area contributed by atoms with Crippen molar-refractivity contribution in [3.63, 3.8) is 0 Å². The Kier molecular flexibility index (Phi) is 6.03. The third-order valence-electron chi connectivity index (χ3n) is 0.861. The van der Waals surface area contributed by atoms with Crippen molar-refractivity contribution in [3.05, 3.63) is 20.4 Å². The molecule has 0 aromatic heterocycles.